The van der Waals surface area contributed by atoms with Crippen molar-refractivity contribution in [1.29, 1.82) is 0 Å². The molecule has 92 valence electrons. The van der Waals surface area contributed by atoms with Gasteiger partial charge in [0.2, 0.25) is 0 Å². The fraction of sp³-hybridized carbons (Fsp3) is 0.133. The molecule has 0 bridgehead atoms. The first kappa shape index (κ1) is 12.2. The molecule has 0 aliphatic rings. The highest BCUT2D eigenvalue weighted by Gasteiger charge is 2.09. The summed E-state index contributed by atoms with van der Waals surface area (Å²) in [5.74, 6) is -0.139. The summed E-state index contributed by atoms with van der Waals surface area (Å²) in [5, 5.41) is 2.86. The molecule has 2 rings (SSSR count). The van der Waals surface area contributed by atoms with E-state index in [9.17, 15) is 4.79 Å². The van der Waals surface area contributed by atoms with Crippen molar-refractivity contribution in [2.75, 3.05) is 11.1 Å². The molecule has 0 radical (unpaired) electrons. The first-order valence-electron chi connectivity index (χ1n) is 5.81. The SMILES string of the molecule is Cc1cccc(C(=O)Nc2c(C)cccc2N)c1. The predicted octanol–water partition coefficient (Wildman–Crippen LogP) is 3.14. The molecule has 0 spiro atoms. The summed E-state index contributed by atoms with van der Waals surface area (Å²) >= 11 is 0. The fourth-order valence-corrected chi connectivity index (χ4v) is 1.83. The van der Waals surface area contributed by atoms with E-state index in [0.29, 0.717) is 16.9 Å². The van der Waals surface area contributed by atoms with Crippen LogP contribution in [0.1, 0.15) is 21.5 Å². The lowest BCUT2D eigenvalue weighted by atomic mass is 10.1. The first-order valence-corrected chi connectivity index (χ1v) is 5.81. The number of carbonyl (C=O) groups is 1. The number of aryl methyl sites for hydroxylation is 2. The standard InChI is InChI=1S/C15H16N2O/c1-10-5-3-7-12(9-10)15(18)17-14-11(2)6-4-8-13(14)16/h3-9H,16H2,1-2H3,(H,17,18). The second-order valence-corrected chi connectivity index (χ2v) is 4.36. The van der Waals surface area contributed by atoms with Crippen LogP contribution in [0.2, 0.25) is 0 Å². The van der Waals surface area contributed by atoms with Crippen LogP contribution in [0.3, 0.4) is 0 Å². The summed E-state index contributed by atoms with van der Waals surface area (Å²) in [6.45, 7) is 3.88. The number of nitrogens with two attached hydrogens (primary N) is 1. The number of benzene rings is 2. The van der Waals surface area contributed by atoms with Crippen LogP contribution in [0.4, 0.5) is 11.4 Å². The van der Waals surface area contributed by atoms with Crippen molar-refractivity contribution in [2.45, 2.75) is 13.8 Å². The van der Waals surface area contributed by atoms with Gasteiger partial charge in [0.15, 0.2) is 0 Å². The zero-order valence-electron chi connectivity index (χ0n) is 10.5. The highest BCUT2D eigenvalue weighted by atomic mass is 16.1. The smallest absolute Gasteiger partial charge is 0.255 e. The Bertz CT molecular complexity index is 571. The Kier molecular flexibility index (Phi) is 3.33. The molecule has 0 saturated heterocycles. The third-order valence-corrected chi connectivity index (χ3v) is 2.82. The third-order valence-electron chi connectivity index (χ3n) is 2.82. The van der Waals surface area contributed by atoms with Crippen LogP contribution < -0.4 is 11.1 Å². The van der Waals surface area contributed by atoms with Crippen molar-refractivity contribution in [3.8, 4) is 0 Å². The minimum Gasteiger partial charge on any atom is -0.397 e. The van der Waals surface area contributed by atoms with Gasteiger partial charge in [-0.15, -0.1) is 0 Å². The average Bonchev–Trinajstić information content (AvgIpc) is 2.34. The summed E-state index contributed by atoms with van der Waals surface area (Å²) < 4.78 is 0. The lowest BCUT2D eigenvalue weighted by Crippen LogP contribution is -2.14. The van der Waals surface area contributed by atoms with Gasteiger partial charge in [0.25, 0.3) is 5.91 Å². The van der Waals surface area contributed by atoms with Crippen LogP contribution in [0.25, 0.3) is 0 Å². The van der Waals surface area contributed by atoms with E-state index in [-0.39, 0.29) is 5.91 Å². The molecule has 3 N–H and O–H groups in total. The number of anilines is 2. The van der Waals surface area contributed by atoms with E-state index in [1.807, 2.05) is 44.2 Å². The van der Waals surface area contributed by atoms with Crippen molar-refractivity contribution < 1.29 is 4.79 Å². The molecule has 2 aromatic rings. The monoisotopic (exact) mass is 240 g/mol. The Labute approximate surface area is 107 Å². The molecule has 0 aliphatic carbocycles. The van der Waals surface area contributed by atoms with Gasteiger partial charge in [-0.25, -0.2) is 0 Å². The van der Waals surface area contributed by atoms with Gasteiger partial charge in [0.1, 0.15) is 0 Å². The molecule has 0 aliphatic heterocycles. The number of nitrogens with one attached hydrogen (secondary N) is 1. The molecule has 2 aromatic carbocycles. The number of nitrogen functional groups attached to an aromatic ring is 1. The van der Waals surface area contributed by atoms with E-state index in [1.165, 1.54) is 0 Å². The summed E-state index contributed by atoms with van der Waals surface area (Å²) in [4.78, 5) is 12.1. The minimum atomic E-state index is -0.139. The molecule has 3 heteroatoms. The quantitative estimate of drug-likeness (QED) is 0.792. The van der Waals surface area contributed by atoms with E-state index in [1.54, 1.807) is 12.1 Å². The number of rotatable bonds is 2. The van der Waals surface area contributed by atoms with E-state index in [2.05, 4.69) is 5.32 Å². The molecule has 18 heavy (non-hydrogen) atoms. The number of carbonyl (C=O) groups excluding carboxylic acids is 1. The van der Waals surface area contributed by atoms with E-state index < -0.39 is 0 Å². The van der Waals surface area contributed by atoms with Crippen LogP contribution in [0, 0.1) is 13.8 Å². The molecular weight excluding hydrogens is 224 g/mol. The van der Waals surface area contributed by atoms with Crippen LogP contribution >= 0.6 is 0 Å². The highest BCUT2D eigenvalue weighted by molar-refractivity contribution is 6.06. The summed E-state index contributed by atoms with van der Waals surface area (Å²) in [5.41, 5.74) is 9.77. The van der Waals surface area contributed by atoms with Crippen molar-refractivity contribution in [3.05, 3.63) is 59.2 Å². The van der Waals surface area contributed by atoms with Gasteiger partial charge in [-0.3, -0.25) is 4.79 Å². The molecule has 0 fully saturated rings. The van der Waals surface area contributed by atoms with Gasteiger partial charge in [0, 0.05) is 5.56 Å². The van der Waals surface area contributed by atoms with Gasteiger partial charge in [0.05, 0.1) is 11.4 Å². The lowest BCUT2D eigenvalue weighted by molar-refractivity contribution is 0.102. The van der Waals surface area contributed by atoms with E-state index in [0.717, 1.165) is 11.1 Å². The van der Waals surface area contributed by atoms with Gasteiger partial charge < -0.3 is 11.1 Å². The van der Waals surface area contributed by atoms with Crippen LogP contribution in [-0.2, 0) is 0 Å². The number of hydrogen-bond acceptors (Lipinski definition) is 2. The molecule has 0 heterocycles. The fourth-order valence-electron chi connectivity index (χ4n) is 1.83. The van der Waals surface area contributed by atoms with Gasteiger partial charge in [-0.05, 0) is 37.6 Å². The highest BCUT2D eigenvalue weighted by Crippen LogP contribution is 2.23. The number of amides is 1. The second kappa shape index (κ2) is 4.92. The zero-order chi connectivity index (χ0) is 13.1. The number of para-hydroxylation sites is 1. The average molecular weight is 240 g/mol. The maximum Gasteiger partial charge on any atom is 0.255 e. The van der Waals surface area contributed by atoms with Gasteiger partial charge in [-0.2, -0.15) is 0 Å². The Morgan fingerprint density at radius 1 is 1.11 bits per heavy atom. The largest absolute Gasteiger partial charge is 0.397 e. The normalized spacial score (nSPS) is 10.1. The lowest BCUT2D eigenvalue weighted by Gasteiger charge is -2.11. The molecule has 1 amide bonds. The summed E-state index contributed by atoms with van der Waals surface area (Å²) in [6.07, 6.45) is 0. The summed E-state index contributed by atoms with van der Waals surface area (Å²) in [6, 6.07) is 13.0. The minimum absolute atomic E-state index is 0.139. The molecule has 0 unspecified atom stereocenters. The first-order chi connectivity index (χ1) is 8.58. The van der Waals surface area contributed by atoms with Crippen molar-refractivity contribution >= 4 is 17.3 Å². The zero-order valence-corrected chi connectivity index (χ0v) is 10.5. The summed E-state index contributed by atoms with van der Waals surface area (Å²) in [7, 11) is 0. The number of hydrogen-bond donors (Lipinski definition) is 2. The maximum atomic E-state index is 12.1. The Balaban J connectivity index is 2.27. The van der Waals surface area contributed by atoms with Gasteiger partial charge in [-0.1, -0.05) is 29.8 Å². The predicted molar refractivity (Wildman–Crippen MR) is 74.7 cm³/mol. The molecule has 3 nitrogen and oxygen atoms in total. The van der Waals surface area contributed by atoms with Crippen LogP contribution in [0.15, 0.2) is 42.5 Å². The van der Waals surface area contributed by atoms with Crippen molar-refractivity contribution in [1.82, 2.24) is 0 Å². The molecule has 0 aromatic heterocycles. The van der Waals surface area contributed by atoms with Crippen LogP contribution in [0.5, 0.6) is 0 Å². The Morgan fingerprint density at radius 2 is 1.83 bits per heavy atom. The van der Waals surface area contributed by atoms with Gasteiger partial charge >= 0.3 is 0 Å². The van der Waals surface area contributed by atoms with Crippen molar-refractivity contribution in [2.24, 2.45) is 0 Å². The molecule has 0 atom stereocenters. The second-order valence-electron chi connectivity index (χ2n) is 4.36. The maximum absolute atomic E-state index is 12.1. The van der Waals surface area contributed by atoms with Crippen LogP contribution in [-0.4, -0.2) is 5.91 Å². The third kappa shape index (κ3) is 2.51. The Morgan fingerprint density at radius 3 is 2.50 bits per heavy atom. The molecular formula is C15H16N2O. The van der Waals surface area contributed by atoms with E-state index in [4.69, 9.17) is 5.73 Å². The van der Waals surface area contributed by atoms with E-state index >= 15 is 0 Å². The Hall–Kier alpha value is -2.29. The topological polar surface area (TPSA) is 55.1 Å². The van der Waals surface area contributed by atoms with Crippen molar-refractivity contribution in [3.63, 3.8) is 0 Å². The molecule has 0 saturated carbocycles.